The number of aliphatic hydroxyl groups excluding tert-OH is 1. The van der Waals surface area contributed by atoms with Crippen molar-refractivity contribution in [3.8, 4) is 5.75 Å². The van der Waals surface area contributed by atoms with E-state index in [-0.39, 0.29) is 18.6 Å². The molecule has 0 saturated carbocycles. The number of amides is 1. The van der Waals surface area contributed by atoms with Crippen LogP contribution in [0, 0.1) is 0 Å². The predicted molar refractivity (Wildman–Crippen MR) is 80.4 cm³/mol. The molecular formula is C16H23NO4. The van der Waals surface area contributed by atoms with Crippen LogP contribution in [0.2, 0.25) is 0 Å². The summed E-state index contributed by atoms with van der Waals surface area (Å²) in [5.74, 6) is 0.587. The second-order valence-corrected chi connectivity index (χ2v) is 5.15. The molecule has 0 radical (unpaired) electrons. The van der Waals surface area contributed by atoms with Crippen LogP contribution in [-0.4, -0.2) is 30.3 Å². The number of carbonyl (C=O) groups is 1. The summed E-state index contributed by atoms with van der Waals surface area (Å²) in [6.07, 6.45) is 3.55. The zero-order valence-electron chi connectivity index (χ0n) is 12.4. The van der Waals surface area contributed by atoms with E-state index in [0.29, 0.717) is 30.0 Å². The van der Waals surface area contributed by atoms with E-state index in [0.717, 1.165) is 25.9 Å². The third kappa shape index (κ3) is 4.72. The topological polar surface area (TPSA) is 67.8 Å². The predicted octanol–water partition coefficient (Wildman–Crippen LogP) is 2.48. The average molecular weight is 293 g/mol. The first-order chi connectivity index (χ1) is 10.2. The van der Waals surface area contributed by atoms with E-state index in [9.17, 15) is 9.90 Å². The zero-order chi connectivity index (χ0) is 15.1. The fraction of sp³-hybridized carbons (Fsp3) is 0.562. The second kappa shape index (κ2) is 8.00. The molecule has 1 fully saturated rings. The lowest BCUT2D eigenvalue weighted by atomic mass is 10.1. The van der Waals surface area contributed by atoms with Crippen molar-refractivity contribution < 1.29 is 19.4 Å². The monoisotopic (exact) mass is 293 g/mol. The summed E-state index contributed by atoms with van der Waals surface area (Å²) < 4.78 is 11.0. The highest BCUT2D eigenvalue weighted by atomic mass is 16.5. The van der Waals surface area contributed by atoms with Crippen molar-refractivity contribution in [3.05, 3.63) is 23.8 Å². The lowest BCUT2D eigenvalue weighted by molar-refractivity contribution is -0.119. The molecule has 1 saturated heterocycles. The molecule has 1 aromatic carbocycles. The summed E-state index contributed by atoms with van der Waals surface area (Å²) in [6, 6.07) is 5.29. The van der Waals surface area contributed by atoms with Crippen LogP contribution < -0.4 is 10.1 Å². The van der Waals surface area contributed by atoms with Gasteiger partial charge in [0, 0.05) is 17.9 Å². The molecule has 21 heavy (non-hydrogen) atoms. The summed E-state index contributed by atoms with van der Waals surface area (Å²) in [7, 11) is 0. The highest BCUT2D eigenvalue weighted by Gasteiger charge is 2.17. The number of benzene rings is 1. The first-order valence-corrected chi connectivity index (χ1v) is 7.51. The number of rotatable bonds is 6. The Hall–Kier alpha value is -1.59. The molecule has 116 valence electrons. The molecule has 2 N–H and O–H groups in total. The van der Waals surface area contributed by atoms with Gasteiger partial charge in [-0.15, -0.1) is 0 Å². The molecule has 1 aliphatic heterocycles. The van der Waals surface area contributed by atoms with Gasteiger partial charge >= 0.3 is 0 Å². The van der Waals surface area contributed by atoms with Crippen LogP contribution in [0.5, 0.6) is 5.75 Å². The van der Waals surface area contributed by atoms with Gasteiger partial charge in [-0.2, -0.15) is 0 Å². The van der Waals surface area contributed by atoms with Gasteiger partial charge < -0.3 is 19.9 Å². The van der Waals surface area contributed by atoms with Crippen molar-refractivity contribution in [1.82, 2.24) is 0 Å². The minimum Gasteiger partial charge on any atom is -0.494 e. The Morgan fingerprint density at radius 3 is 3.00 bits per heavy atom. The number of hydrogen-bond acceptors (Lipinski definition) is 4. The minimum atomic E-state index is -0.120. The fourth-order valence-corrected chi connectivity index (χ4v) is 2.46. The number of nitrogens with one attached hydrogen (secondary N) is 1. The number of ether oxygens (including phenoxy) is 2. The summed E-state index contributed by atoms with van der Waals surface area (Å²) in [4.78, 5) is 12.0. The van der Waals surface area contributed by atoms with Crippen molar-refractivity contribution >= 4 is 11.6 Å². The number of carbonyl (C=O) groups excluding carboxylic acids is 1. The molecule has 2 rings (SSSR count). The van der Waals surface area contributed by atoms with Gasteiger partial charge in [-0.05, 0) is 44.4 Å². The van der Waals surface area contributed by atoms with Crippen molar-refractivity contribution in [2.24, 2.45) is 0 Å². The average Bonchev–Trinajstić information content (AvgIpc) is 2.50. The van der Waals surface area contributed by atoms with Gasteiger partial charge in [0.2, 0.25) is 5.91 Å². The molecule has 1 amide bonds. The molecule has 1 atom stereocenters. The van der Waals surface area contributed by atoms with Crippen LogP contribution in [0.1, 0.15) is 38.2 Å². The minimum absolute atomic E-state index is 0.0266. The third-order valence-electron chi connectivity index (χ3n) is 3.50. The lowest BCUT2D eigenvalue weighted by Gasteiger charge is -2.22. The Bertz CT molecular complexity index is 469. The largest absolute Gasteiger partial charge is 0.494 e. The third-order valence-corrected chi connectivity index (χ3v) is 3.50. The quantitative estimate of drug-likeness (QED) is 0.845. The molecule has 0 spiro atoms. The fourth-order valence-electron chi connectivity index (χ4n) is 2.46. The zero-order valence-corrected chi connectivity index (χ0v) is 12.4. The van der Waals surface area contributed by atoms with Gasteiger partial charge in [-0.1, -0.05) is 0 Å². The number of anilines is 1. The van der Waals surface area contributed by atoms with Gasteiger partial charge in [0.1, 0.15) is 5.75 Å². The molecule has 0 aliphatic carbocycles. The normalized spacial score (nSPS) is 18.3. The Labute approximate surface area is 125 Å². The van der Waals surface area contributed by atoms with Gasteiger partial charge in [0.15, 0.2) is 0 Å². The number of aliphatic hydroxyl groups is 1. The van der Waals surface area contributed by atoms with Gasteiger partial charge in [-0.3, -0.25) is 4.79 Å². The maximum atomic E-state index is 12.0. The van der Waals surface area contributed by atoms with Gasteiger partial charge in [-0.25, -0.2) is 0 Å². The van der Waals surface area contributed by atoms with E-state index in [1.165, 1.54) is 0 Å². The molecule has 1 aromatic rings. The maximum Gasteiger partial charge on any atom is 0.226 e. The van der Waals surface area contributed by atoms with Crippen molar-refractivity contribution in [2.45, 2.75) is 45.3 Å². The van der Waals surface area contributed by atoms with Crippen LogP contribution >= 0.6 is 0 Å². The maximum absolute atomic E-state index is 12.0. The highest BCUT2D eigenvalue weighted by molar-refractivity contribution is 5.91. The molecule has 5 nitrogen and oxygen atoms in total. The SMILES string of the molecule is CCOc1ccc(NC(=O)CC2CCCCO2)cc1CO. The summed E-state index contributed by atoms with van der Waals surface area (Å²) in [5, 5.41) is 12.2. The second-order valence-electron chi connectivity index (χ2n) is 5.15. The van der Waals surface area contributed by atoms with E-state index in [1.807, 2.05) is 6.92 Å². The summed E-state index contributed by atoms with van der Waals surface area (Å²) >= 11 is 0. The van der Waals surface area contributed by atoms with Crippen molar-refractivity contribution in [3.63, 3.8) is 0 Å². The van der Waals surface area contributed by atoms with Crippen LogP contribution in [0.4, 0.5) is 5.69 Å². The van der Waals surface area contributed by atoms with E-state index in [4.69, 9.17) is 9.47 Å². The van der Waals surface area contributed by atoms with Gasteiger partial charge in [0.25, 0.3) is 0 Å². The van der Waals surface area contributed by atoms with Crippen molar-refractivity contribution in [1.29, 1.82) is 0 Å². The molecule has 1 aliphatic rings. The first-order valence-electron chi connectivity index (χ1n) is 7.51. The van der Waals surface area contributed by atoms with Crippen LogP contribution in [0.3, 0.4) is 0 Å². The Morgan fingerprint density at radius 2 is 2.33 bits per heavy atom. The molecule has 5 heteroatoms. The van der Waals surface area contributed by atoms with E-state index in [2.05, 4.69) is 5.32 Å². The molecular weight excluding hydrogens is 270 g/mol. The molecule has 1 heterocycles. The molecule has 1 unspecified atom stereocenters. The Kier molecular flexibility index (Phi) is 6.02. The van der Waals surface area contributed by atoms with Crippen LogP contribution in [-0.2, 0) is 16.1 Å². The first kappa shape index (κ1) is 15.8. The van der Waals surface area contributed by atoms with Gasteiger partial charge in [0.05, 0.1) is 25.7 Å². The van der Waals surface area contributed by atoms with E-state index < -0.39 is 0 Å². The summed E-state index contributed by atoms with van der Waals surface area (Å²) in [6.45, 7) is 3.05. The highest BCUT2D eigenvalue weighted by Crippen LogP contribution is 2.23. The Morgan fingerprint density at radius 1 is 1.48 bits per heavy atom. The standard InChI is InChI=1S/C16H23NO4/c1-2-20-15-7-6-13(9-12(15)11-18)17-16(19)10-14-5-3-4-8-21-14/h6-7,9,14,18H,2-5,8,10-11H2,1H3,(H,17,19). The van der Waals surface area contributed by atoms with Crippen molar-refractivity contribution in [2.75, 3.05) is 18.5 Å². The summed E-state index contributed by atoms with van der Waals surface area (Å²) in [5.41, 5.74) is 1.34. The van der Waals surface area contributed by atoms with E-state index in [1.54, 1.807) is 18.2 Å². The van der Waals surface area contributed by atoms with Crippen LogP contribution in [0.15, 0.2) is 18.2 Å². The van der Waals surface area contributed by atoms with Crippen LogP contribution in [0.25, 0.3) is 0 Å². The lowest BCUT2D eigenvalue weighted by Crippen LogP contribution is -2.25. The Balaban J connectivity index is 1.93. The smallest absolute Gasteiger partial charge is 0.226 e. The molecule has 0 aromatic heterocycles. The van der Waals surface area contributed by atoms with E-state index >= 15 is 0 Å². The molecule has 0 bridgehead atoms. The number of hydrogen-bond donors (Lipinski definition) is 2.